The minimum absolute atomic E-state index is 0.0274. The van der Waals surface area contributed by atoms with E-state index in [-0.39, 0.29) is 19.4 Å². The summed E-state index contributed by atoms with van der Waals surface area (Å²) < 4.78 is 5.02. The summed E-state index contributed by atoms with van der Waals surface area (Å²) in [6.07, 6.45) is -0.268. The van der Waals surface area contributed by atoms with Crippen molar-refractivity contribution in [1.82, 2.24) is 5.32 Å². The van der Waals surface area contributed by atoms with Gasteiger partial charge in [0.25, 0.3) is 0 Å². The second kappa shape index (κ2) is 8.01. The highest BCUT2D eigenvalue weighted by atomic mass is 16.5. The monoisotopic (exact) mass is 295 g/mol. The molecular formula is C14H17NO6. The summed E-state index contributed by atoms with van der Waals surface area (Å²) in [7, 11) is 0. The molecule has 0 aromatic heterocycles. The Morgan fingerprint density at radius 1 is 1.24 bits per heavy atom. The van der Waals surface area contributed by atoms with E-state index >= 15 is 0 Å². The Balaban J connectivity index is 2.69. The van der Waals surface area contributed by atoms with Crippen LogP contribution in [0, 0.1) is 0 Å². The minimum Gasteiger partial charge on any atom is -0.481 e. The van der Waals surface area contributed by atoms with Crippen LogP contribution in [0.4, 0.5) is 0 Å². The Hall–Kier alpha value is -2.41. The zero-order chi connectivity index (χ0) is 15.8. The first-order valence-electron chi connectivity index (χ1n) is 6.34. The molecule has 0 spiro atoms. The van der Waals surface area contributed by atoms with E-state index in [0.717, 1.165) is 0 Å². The van der Waals surface area contributed by atoms with Gasteiger partial charge in [0.15, 0.2) is 0 Å². The van der Waals surface area contributed by atoms with E-state index in [4.69, 9.17) is 14.9 Å². The third-order valence-electron chi connectivity index (χ3n) is 2.71. The third-order valence-corrected chi connectivity index (χ3v) is 2.71. The molecule has 1 aromatic rings. The predicted molar refractivity (Wildman–Crippen MR) is 72.9 cm³/mol. The summed E-state index contributed by atoms with van der Waals surface area (Å²) >= 11 is 0. The van der Waals surface area contributed by atoms with Gasteiger partial charge in [0.1, 0.15) is 11.8 Å². The van der Waals surface area contributed by atoms with Crippen molar-refractivity contribution in [2.75, 3.05) is 0 Å². The molecule has 0 unspecified atom stereocenters. The highest BCUT2D eigenvalue weighted by molar-refractivity contribution is 5.75. The van der Waals surface area contributed by atoms with Crippen molar-refractivity contribution in [3.8, 4) is 5.75 Å². The third kappa shape index (κ3) is 6.05. The van der Waals surface area contributed by atoms with E-state index in [2.05, 4.69) is 5.32 Å². The number of esters is 1. The fourth-order valence-corrected chi connectivity index (χ4v) is 1.72. The number of carbonyl (C=O) groups excluding carboxylic acids is 1. The molecule has 3 N–H and O–H groups in total. The molecule has 7 heteroatoms. The Morgan fingerprint density at radius 2 is 1.90 bits per heavy atom. The number of benzene rings is 1. The van der Waals surface area contributed by atoms with Crippen LogP contribution in [0.5, 0.6) is 5.75 Å². The van der Waals surface area contributed by atoms with Gasteiger partial charge < -0.3 is 20.3 Å². The van der Waals surface area contributed by atoms with Gasteiger partial charge in [0, 0.05) is 25.5 Å². The molecule has 0 saturated heterocycles. The van der Waals surface area contributed by atoms with Gasteiger partial charge in [-0.15, -0.1) is 0 Å². The lowest BCUT2D eigenvalue weighted by Crippen LogP contribution is -2.36. The van der Waals surface area contributed by atoms with Crippen LogP contribution in [0.15, 0.2) is 24.3 Å². The zero-order valence-corrected chi connectivity index (χ0v) is 11.5. The second-order valence-corrected chi connectivity index (χ2v) is 4.41. The van der Waals surface area contributed by atoms with Gasteiger partial charge in [-0.3, -0.25) is 14.4 Å². The largest absolute Gasteiger partial charge is 0.481 e. The number of nitrogens with one attached hydrogen (secondary N) is 1. The first-order chi connectivity index (χ1) is 9.90. The van der Waals surface area contributed by atoms with E-state index in [9.17, 15) is 14.4 Å². The SMILES string of the molecule is CC(=O)Oc1ccccc1CN[C@@H](CCC(=O)O)C(=O)O. The van der Waals surface area contributed by atoms with Gasteiger partial charge in [0.05, 0.1) is 0 Å². The summed E-state index contributed by atoms with van der Waals surface area (Å²) in [6.45, 7) is 1.43. The maximum absolute atomic E-state index is 11.1. The number of hydrogen-bond acceptors (Lipinski definition) is 5. The number of carboxylic acid groups (broad SMARTS) is 2. The molecule has 0 bridgehead atoms. The van der Waals surface area contributed by atoms with Gasteiger partial charge in [-0.25, -0.2) is 0 Å². The first kappa shape index (κ1) is 16.6. The van der Waals surface area contributed by atoms with Crippen LogP contribution >= 0.6 is 0 Å². The second-order valence-electron chi connectivity index (χ2n) is 4.41. The molecule has 0 aliphatic rings. The van der Waals surface area contributed by atoms with E-state index in [1.165, 1.54) is 6.92 Å². The van der Waals surface area contributed by atoms with E-state index in [1.54, 1.807) is 24.3 Å². The maximum Gasteiger partial charge on any atom is 0.320 e. The van der Waals surface area contributed by atoms with E-state index < -0.39 is 23.9 Å². The molecule has 1 rings (SSSR count). The number of rotatable bonds is 8. The average molecular weight is 295 g/mol. The maximum atomic E-state index is 11.1. The normalized spacial score (nSPS) is 11.7. The highest BCUT2D eigenvalue weighted by Gasteiger charge is 2.18. The molecule has 0 aliphatic carbocycles. The summed E-state index contributed by atoms with van der Waals surface area (Å²) in [6, 6.07) is 5.75. The predicted octanol–water partition coefficient (Wildman–Crippen LogP) is 1.02. The van der Waals surface area contributed by atoms with Gasteiger partial charge >= 0.3 is 17.9 Å². The molecule has 1 atom stereocenters. The Bertz CT molecular complexity index is 528. The van der Waals surface area contributed by atoms with Gasteiger partial charge in [-0.2, -0.15) is 0 Å². The van der Waals surface area contributed by atoms with Crippen molar-refractivity contribution >= 4 is 17.9 Å². The lowest BCUT2D eigenvalue weighted by atomic mass is 10.1. The zero-order valence-electron chi connectivity index (χ0n) is 11.5. The number of carbonyl (C=O) groups is 3. The van der Waals surface area contributed by atoms with Crippen LogP contribution in [0.3, 0.4) is 0 Å². The number of ether oxygens (including phenoxy) is 1. The van der Waals surface area contributed by atoms with Crippen LogP contribution in [0.1, 0.15) is 25.3 Å². The van der Waals surface area contributed by atoms with Crippen molar-refractivity contribution in [2.24, 2.45) is 0 Å². The molecule has 0 radical (unpaired) electrons. The van der Waals surface area contributed by atoms with Crippen LogP contribution in [0.25, 0.3) is 0 Å². The Kier molecular flexibility index (Phi) is 6.35. The molecule has 1 aromatic carbocycles. The Morgan fingerprint density at radius 3 is 2.48 bits per heavy atom. The molecule has 0 saturated carbocycles. The lowest BCUT2D eigenvalue weighted by Gasteiger charge is -2.15. The smallest absolute Gasteiger partial charge is 0.320 e. The van der Waals surface area contributed by atoms with Crippen molar-refractivity contribution in [1.29, 1.82) is 0 Å². The number of para-hydroxylation sites is 1. The van der Waals surface area contributed by atoms with Crippen molar-refractivity contribution < 1.29 is 29.3 Å². The van der Waals surface area contributed by atoms with Gasteiger partial charge in [-0.1, -0.05) is 18.2 Å². The Labute approximate surface area is 121 Å². The first-order valence-corrected chi connectivity index (χ1v) is 6.34. The van der Waals surface area contributed by atoms with E-state index in [1.807, 2.05) is 0 Å². The summed E-state index contributed by atoms with van der Waals surface area (Å²) in [5.74, 6) is -2.30. The van der Waals surface area contributed by atoms with Crippen molar-refractivity contribution in [3.05, 3.63) is 29.8 Å². The van der Waals surface area contributed by atoms with Crippen LogP contribution in [0.2, 0.25) is 0 Å². The van der Waals surface area contributed by atoms with Gasteiger partial charge in [0.2, 0.25) is 0 Å². The molecule has 0 fully saturated rings. The molecule has 0 heterocycles. The standard InChI is InChI=1S/C14H17NO6/c1-9(16)21-12-5-3-2-4-10(12)8-15-11(14(19)20)6-7-13(17)18/h2-5,11,15H,6-8H2,1H3,(H,17,18)(H,19,20)/t11-/m0/s1. The molecular weight excluding hydrogens is 278 g/mol. The van der Waals surface area contributed by atoms with Crippen molar-refractivity contribution in [3.63, 3.8) is 0 Å². The fourth-order valence-electron chi connectivity index (χ4n) is 1.72. The number of carboxylic acids is 2. The number of hydrogen-bond donors (Lipinski definition) is 3. The van der Waals surface area contributed by atoms with Crippen LogP contribution in [-0.4, -0.2) is 34.2 Å². The molecule has 7 nitrogen and oxygen atoms in total. The van der Waals surface area contributed by atoms with E-state index in [0.29, 0.717) is 11.3 Å². The summed E-state index contributed by atoms with van der Waals surface area (Å²) in [5, 5.41) is 20.4. The van der Waals surface area contributed by atoms with Gasteiger partial charge in [-0.05, 0) is 12.5 Å². The topological polar surface area (TPSA) is 113 Å². The average Bonchev–Trinajstić information content (AvgIpc) is 2.39. The summed E-state index contributed by atoms with van der Waals surface area (Å²) in [4.78, 5) is 32.5. The quantitative estimate of drug-likeness (QED) is 0.484. The fraction of sp³-hybridized carbons (Fsp3) is 0.357. The summed E-state index contributed by atoms with van der Waals surface area (Å²) in [5.41, 5.74) is 0.620. The van der Waals surface area contributed by atoms with Crippen LogP contribution < -0.4 is 10.1 Å². The highest BCUT2D eigenvalue weighted by Crippen LogP contribution is 2.18. The molecule has 21 heavy (non-hydrogen) atoms. The van der Waals surface area contributed by atoms with Crippen molar-refractivity contribution in [2.45, 2.75) is 32.4 Å². The number of aliphatic carboxylic acids is 2. The van der Waals surface area contributed by atoms with Crippen LogP contribution in [-0.2, 0) is 20.9 Å². The minimum atomic E-state index is -1.12. The molecule has 114 valence electrons. The lowest BCUT2D eigenvalue weighted by molar-refractivity contribution is -0.141. The molecule has 0 amide bonds. The molecule has 0 aliphatic heterocycles.